The molecule has 3 nitrogen and oxygen atoms in total. The van der Waals surface area contributed by atoms with E-state index >= 15 is 0 Å². The second-order valence-electron chi connectivity index (χ2n) is 5.64. The van der Waals surface area contributed by atoms with Crippen molar-refractivity contribution in [3.63, 3.8) is 0 Å². The van der Waals surface area contributed by atoms with Crippen LogP contribution >= 0.6 is 23.2 Å². The molecule has 0 radical (unpaired) electrons. The van der Waals surface area contributed by atoms with Gasteiger partial charge in [-0.05, 0) is 27.2 Å². The van der Waals surface area contributed by atoms with Crippen LogP contribution in [0.15, 0.2) is 0 Å². The first-order valence-electron chi connectivity index (χ1n) is 6.19. The van der Waals surface area contributed by atoms with Gasteiger partial charge in [0.05, 0.1) is 5.41 Å². The van der Waals surface area contributed by atoms with Crippen LogP contribution in [0.4, 0.5) is 0 Å². The molecule has 5 heteroatoms. The molecule has 0 N–H and O–H groups in total. The largest absolute Gasteiger partial charge is 0.340 e. The van der Waals surface area contributed by atoms with Crippen LogP contribution in [-0.2, 0) is 4.79 Å². The van der Waals surface area contributed by atoms with E-state index in [2.05, 4.69) is 18.7 Å². The fraction of sp³-hybridized carbons (Fsp3) is 0.917. The summed E-state index contributed by atoms with van der Waals surface area (Å²) < 4.78 is -0.848. The molecule has 0 aromatic heterocycles. The summed E-state index contributed by atoms with van der Waals surface area (Å²) >= 11 is 12.1. The maximum absolute atomic E-state index is 12.3. The summed E-state index contributed by atoms with van der Waals surface area (Å²) in [6, 6.07) is 0.545. The van der Waals surface area contributed by atoms with Crippen LogP contribution in [0.1, 0.15) is 27.2 Å². The average molecular weight is 279 g/mol. The number of nitrogens with zero attached hydrogens (tertiary/aromatic N) is 2. The molecule has 1 saturated heterocycles. The van der Waals surface area contributed by atoms with Gasteiger partial charge >= 0.3 is 0 Å². The van der Waals surface area contributed by atoms with Gasteiger partial charge in [0.25, 0.3) is 0 Å². The second kappa shape index (κ2) is 4.29. The number of halogens is 2. The molecule has 17 heavy (non-hydrogen) atoms. The molecular weight excluding hydrogens is 259 g/mol. The van der Waals surface area contributed by atoms with E-state index in [4.69, 9.17) is 23.2 Å². The quantitative estimate of drug-likeness (QED) is 0.723. The van der Waals surface area contributed by atoms with Crippen LogP contribution in [0.5, 0.6) is 0 Å². The van der Waals surface area contributed by atoms with Gasteiger partial charge in [0, 0.05) is 32.2 Å². The highest BCUT2D eigenvalue weighted by Gasteiger charge is 2.68. The lowest BCUT2D eigenvalue weighted by molar-refractivity contribution is -0.138. The number of amides is 1. The van der Waals surface area contributed by atoms with Crippen LogP contribution in [0.2, 0.25) is 0 Å². The molecule has 1 saturated carbocycles. The van der Waals surface area contributed by atoms with Gasteiger partial charge in [0.1, 0.15) is 4.33 Å². The Morgan fingerprint density at radius 1 is 1.18 bits per heavy atom. The minimum absolute atomic E-state index is 0.117. The zero-order chi connectivity index (χ0) is 12.8. The first-order valence-corrected chi connectivity index (χ1v) is 6.95. The highest BCUT2D eigenvalue weighted by atomic mass is 35.5. The van der Waals surface area contributed by atoms with Crippen LogP contribution in [0.25, 0.3) is 0 Å². The molecule has 2 aliphatic rings. The van der Waals surface area contributed by atoms with Crippen molar-refractivity contribution >= 4 is 29.1 Å². The maximum Gasteiger partial charge on any atom is 0.231 e. The number of piperazine rings is 1. The van der Waals surface area contributed by atoms with E-state index < -0.39 is 9.75 Å². The molecule has 1 amide bonds. The van der Waals surface area contributed by atoms with Crippen LogP contribution < -0.4 is 0 Å². The van der Waals surface area contributed by atoms with Gasteiger partial charge in [-0.15, -0.1) is 23.2 Å². The number of hydrogen-bond donors (Lipinski definition) is 0. The van der Waals surface area contributed by atoms with E-state index in [1.54, 1.807) is 0 Å². The van der Waals surface area contributed by atoms with Gasteiger partial charge in [-0.3, -0.25) is 9.69 Å². The monoisotopic (exact) mass is 278 g/mol. The standard InChI is InChI=1S/C12H20Cl2N2O/c1-9(2)15-4-6-16(7-5-15)10(17)11(3)8-12(11,13)14/h9H,4-8H2,1-3H3/t11-/m1/s1. The Morgan fingerprint density at radius 2 is 1.65 bits per heavy atom. The van der Waals surface area contributed by atoms with Gasteiger partial charge in [-0.2, -0.15) is 0 Å². The van der Waals surface area contributed by atoms with Crippen molar-refractivity contribution in [3.05, 3.63) is 0 Å². The van der Waals surface area contributed by atoms with Crippen molar-refractivity contribution in [1.82, 2.24) is 9.80 Å². The van der Waals surface area contributed by atoms with Crippen LogP contribution in [-0.4, -0.2) is 52.3 Å². The second-order valence-corrected chi connectivity index (χ2v) is 7.12. The maximum atomic E-state index is 12.3. The SMILES string of the molecule is CC(C)N1CCN(C(=O)[C@@]2(C)CC2(Cl)Cl)CC1. The molecule has 0 unspecified atom stereocenters. The summed E-state index contributed by atoms with van der Waals surface area (Å²) in [6.07, 6.45) is 0.576. The Kier molecular flexibility index (Phi) is 3.39. The van der Waals surface area contributed by atoms with E-state index in [-0.39, 0.29) is 5.91 Å². The lowest BCUT2D eigenvalue weighted by atomic mass is 10.1. The Hall–Kier alpha value is 0.01000. The van der Waals surface area contributed by atoms with Crippen LogP contribution in [0.3, 0.4) is 0 Å². The predicted molar refractivity (Wildman–Crippen MR) is 70.5 cm³/mol. The summed E-state index contributed by atoms with van der Waals surface area (Å²) in [5.41, 5.74) is -0.559. The normalized spacial score (nSPS) is 32.9. The number of carbonyl (C=O) groups is 1. The Bertz CT molecular complexity index is 324. The van der Waals surface area contributed by atoms with Gasteiger partial charge in [0.2, 0.25) is 5.91 Å². The minimum atomic E-state index is -0.848. The lowest BCUT2D eigenvalue weighted by Gasteiger charge is -2.38. The summed E-state index contributed by atoms with van der Waals surface area (Å²) in [4.78, 5) is 16.6. The van der Waals surface area contributed by atoms with E-state index in [1.807, 2.05) is 11.8 Å². The smallest absolute Gasteiger partial charge is 0.231 e. The van der Waals surface area contributed by atoms with Crippen molar-refractivity contribution < 1.29 is 4.79 Å². The zero-order valence-electron chi connectivity index (χ0n) is 10.7. The van der Waals surface area contributed by atoms with E-state index in [0.717, 1.165) is 26.2 Å². The molecule has 2 rings (SSSR count). The Balaban J connectivity index is 1.92. The third-order valence-corrected chi connectivity index (χ3v) is 5.16. The molecule has 0 bridgehead atoms. The number of rotatable bonds is 2. The molecule has 0 aromatic rings. The Morgan fingerprint density at radius 3 is 2.00 bits per heavy atom. The molecule has 98 valence electrons. The molecular formula is C12H20Cl2N2O. The first kappa shape index (κ1) is 13.4. The Labute approximate surface area is 113 Å². The molecule has 0 spiro atoms. The van der Waals surface area contributed by atoms with E-state index in [0.29, 0.717) is 12.5 Å². The van der Waals surface area contributed by atoms with Gasteiger partial charge < -0.3 is 4.90 Å². The van der Waals surface area contributed by atoms with Crippen molar-refractivity contribution in [2.75, 3.05) is 26.2 Å². The third-order valence-electron chi connectivity index (χ3n) is 4.06. The molecule has 1 aliphatic carbocycles. The third kappa shape index (κ3) is 2.29. The molecule has 0 aromatic carbocycles. The summed E-state index contributed by atoms with van der Waals surface area (Å²) in [7, 11) is 0. The fourth-order valence-corrected chi connectivity index (χ4v) is 3.12. The molecule has 1 aliphatic heterocycles. The van der Waals surface area contributed by atoms with Gasteiger partial charge in [-0.25, -0.2) is 0 Å². The summed E-state index contributed by atoms with van der Waals surface area (Å²) in [5.74, 6) is 0.117. The topological polar surface area (TPSA) is 23.6 Å². The predicted octanol–water partition coefficient (Wildman–Crippen LogP) is 2.12. The van der Waals surface area contributed by atoms with Gasteiger partial charge in [0.15, 0.2) is 0 Å². The minimum Gasteiger partial charge on any atom is -0.340 e. The number of hydrogen-bond acceptors (Lipinski definition) is 2. The first-order chi connectivity index (χ1) is 7.78. The molecule has 1 heterocycles. The van der Waals surface area contributed by atoms with Crippen LogP contribution in [0, 0.1) is 5.41 Å². The van der Waals surface area contributed by atoms with Crippen molar-refractivity contribution in [2.45, 2.75) is 37.6 Å². The van der Waals surface area contributed by atoms with Crippen molar-refractivity contribution in [1.29, 1.82) is 0 Å². The number of carbonyl (C=O) groups excluding carboxylic acids is 1. The van der Waals surface area contributed by atoms with Gasteiger partial charge in [-0.1, -0.05) is 0 Å². The van der Waals surface area contributed by atoms with Crippen molar-refractivity contribution in [2.24, 2.45) is 5.41 Å². The zero-order valence-corrected chi connectivity index (χ0v) is 12.2. The highest BCUT2D eigenvalue weighted by Crippen LogP contribution is 2.64. The molecule has 2 fully saturated rings. The van der Waals surface area contributed by atoms with Crippen molar-refractivity contribution in [3.8, 4) is 0 Å². The highest BCUT2D eigenvalue weighted by molar-refractivity contribution is 6.53. The summed E-state index contributed by atoms with van der Waals surface area (Å²) in [5, 5.41) is 0. The number of alkyl halides is 2. The molecule has 1 atom stereocenters. The fourth-order valence-electron chi connectivity index (χ4n) is 2.42. The summed E-state index contributed by atoms with van der Waals surface area (Å²) in [6.45, 7) is 9.69. The van der Waals surface area contributed by atoms with E-state index in [1.165, 1.54) is 0 Å². The van der Waals surface area contributed by atoms with E-state index in [9.17, 15) is 4.79 Å². The lowest BCUT2D eigenvalue weighted by Crippen LogP contribution is -2.52. The average Bonchev–Trinajstić information content (AvgIpc) is 2.78.